The number of ether oxygens (including phenoxy) is 1. The van der Waals surface area contributed by atoms with Crippen LogP contribution >= 0.6 is 0 Å². The monoisotopic (exact) mass is 483 g/mol. The fraction of sp³-hybridized carbons (Fsp3) is 1.00. The van der Waals surface area contributed by atoms with Gasteiger partial charge in [-0.05, 0) is 6.42 Å². The van der Waals surface area contributed by atoms with E-state index in [0.29, 0.717) is 26.2 Å². The Hall–Kier alpha value is 0.700. The van der Waals surface area contributed by atoms with Crippen molar-refractivity contribution >= 4 is 20.5 Å². The third kappa shape index (κ3) is 26.7. The number of nitrogens with zero attached hydrogens (tertiary/aromatic N) is 1. The van der Waals surface area contributed by atoms with Crippen LogP contribution in [0.1, 0.15) is 71.1 Å². The molecular formula is C18H38NNaO8S2. The van der Waals surface area contributed by atoms with Gasteiger partial charge >= 0.3 is 29.6 Å². The summed E-state index contributed by atoms with van der Waals surface area (Å²) < 4.78 is 68.7. The molecule has 9 nitrogen and oxygen atoms in total. The van der Waals surface area contributed by atoms with E-state index in [-0.39, 0.29) is 41.9 Å². The molecule has 1 N–H and O–H groups in total. The maximum Gasteiger partial charge on any atom is 1.00 e. The number of rotatable bonds is 15. The molecule has 0 aromatic rings. The van der Waals surface area contributed by atoms with Gasteiger partial charge in [-0.2, -0.15) is 8.42 Å². The van der Waals surface area contributed by atoms with E-state index < -0.39 is 20.5 Å². The Morgan fingerprint density at radius 1 is 0.900 bits per heavy atom. The molecule has 0 aliphatic carbocycles. The van der Waals surface area contributed by atoms with Gasteiger partial charge in [0.05, 0.1) is 25.6 Å². The van der Waals surface area contributed by atoms with Crippen LogP contribution in [0.2, 0.25) is 0 Å². The summed E-state index contributed by atoms with van der Waals surface area (Å²) in [5, 5.41) is 0. The second-order valence-corrected chi connectivity index (χ2v) is 9.78. The van der Waals surface area contributed by atoms with Gasteiger partial charge in [-0.3, -0.25) is 13.6 Å². The van der Waals surface area contributed by atoms with Crippen molar-refractivity contribution in [2.75, 3.05) is 45.2 Å². The summed E-state index contributed by atoms with van der Waals surface area (Å²) in [6.45, 7) is 5.41. The number of hydrogen-bond donors (Lipinski definition) is 1. The molecule has 1 aliphatic heterocycles. The Labute approximate surface area is 205 Å². The van der Waals surface area contributed by atoms with Gasteiger partial charge in [0, 0.05) is 19.6 Å². The van der Waals surface area contributed by atoms with Gasteiger partial charge in [-0.1, -0.05) is 64.7 Å². The minimum atomic E-state index is -4.48. The third-order valence-electron chi connectivity index (χ3n) is 4.49. The van der Waals surface area contributed by atoms with Crippen LogP contribution in [0.3, 0.4) is 0 Å². The average molecular weight is 484 g/mol. The normalized spacial score (nSPS) is 15.2. The molecule has 30 heavy (non-hydrogen) atoms. The Bertz CT molecular complexity index is 581. The summed E-state index contributed by atoms with van der Waals surface area (Å²) in [5.74, 6) is -0.188. The zero-order valence-corrected chi connectivity index (χ0v) is 22.2. The Balaban J connectivity index is 0. The minimum Gasteiger partial charge on any atom is -0.726 e. The van der Waals surface area contributed by atoms with E-state index in [1.807, 2.05) is 4.90 Å². The number of hydrogen-bond acceptors (Lipinski definition) is 8. The van der Waals surface area contributed by atoms with Crippen LogP contribution in [0.25, 0.3) is 0 Å². The summed E-state index contributed by atoms with van der Waals surface area (Å²) in [5.41, 5.74) is 0. The quantitative estimate of drug-likeness (QED) is 0.143. The van der Waals surface area contributed by atoms with Crippen LogP contribution < -0.4 is 29.6 Å². The molecule has 0 amide bonds. The summed E-state index contributed by atoms with van der Waals surface area (Å²) >= 11 is 0. The molecule has 0 spiro atoms. The molecule has 1 heterocycles. The molecule has 1 fully saturated rings. The summed E-state index contributed by atoms with van der Waals surface area (Å²) in [6.07, 6.45) is 11.7. The van der Waals surface area contributed by atoms with Crippen LogP contribution in [-0.4, -0.2) is 76.0 Å². The van der Waals surface area contributed by atoms with E-state index in [1.54, 1.807) is 0 Å². The SMILES string of the molecule is CCCCCCCCCCCCOS(=O)(=O)[O-].O=S(=O)(O)CCN1CCOCC1.[Na+]. The van der Waals surface area contributed by atoms with E-state index in [0.717, 1.165) is 25.9 Å². The summed E-state index contributed by atoms with van der Waals surface area (Å²) in [6, 6.07) is 0. The molecule has 1 saturated heterocycles. The maximum absolute atomic E-state index is 10.4. The molecule has 0 saturated carbocycles. The van der Waals surface area contributed by atoms with Gasteiger partial charge in [0.25, 0.3) is 10.1 Å². The maximum atomic E-state index is 10.4. The van der Waals surface area contributed by atoms with Gasteiger partial charge in [0.2, 0.25) is 10.4 Å². The predicted octanol–water partition coefficient (Wildman–Crippen LogP) is -0.405. The summed E-state index contributed by atoms with van der Waals surface area (Å²) in [7, 11) is -8.29. The van der Waals surface area contributed by atoms with E-state index in [1.165, 1.54) is 44.9 Å². The van der Waals surface area contributed by atoms with Crippen LogP contribution in [-0.2, 0) is 29.4 Å². The fourth-order valence-corrected chi connectivity index (χ4v) is 3.63. The Morgan fingerprint density at radius 2 is 1.37 bits per heavy atom. The topological polar surface area (TPSA) is 133 Å². The van der Waals surface area contributed by atoms with Gasteiger partial charge in [-0.25, -0.2) is 8.42 Å². The molecule has 1 rings (SSSR count). The van der Waals surface area contributed by atoms with Crippen molar-refractivity contribution in [3.63, 3.8) is 0 Å². The second kappa shape index (κ2) is 20.3. The van der Waals surface area contributed by atoms with Crippen molar-refractivity contribution in [2.24, 2.45) is 0 Å². The van der Waals surface area contributed by atoms with Gasteiger partial charge in [0.15, 0.2) is 0 Å². The summed E-state index contributed by atoms with van der Waals surface area (Å²) in [4.78, 5) is 1.96. The molecule has 0 atom stereocenters. The molecule has 0 aromatic carbocycles. The second-order valence-electron chi connectivity index (χ2n) is 7.15. The minimum absolute atomic E-state index is 0. The van der Waals surface area contributed by atoms with E-state index in [4.69, 9.17) is 9.29 Å². The zero-order valence-electron chi connectivity index (χ0n) is 18.6. The first kappa shape index (κ1) is 32.9. The first-order valence-electron chi connectivity index (χ1n) is 10.5. The Kier molecular flexibility index (Phi) is 22.3. The number of morpholine rings is 1. The third-order valence-corrected chi connectivity index (χ3v) is 5.65. The smallest absolute Gasteiger partial charge is 0.726 e. The average Bonchev–Trinajstić information content (AvgIpc) is 2.64. The first-order chi connectivity index (χ1) is 13.6. The largest absolute Gasteiger partial charge is 1.00 e. The van der Waals surface area contributed by atoms with Crippen LogP contribution in [0.5, 0.6) is 0 Å². The molecular weight excluding hydrogens is 445 g/mol. The van der Waals surface area contributed by atoms with Crippen molar-refractivity contribution < 1.29 is 64.4 Å². The molecule has 12 heteroatoms. The van der Waals surface area contributed by atoms with Crippen molar-refractivity contribution in [2.45, 2.75) is 71.1 Å². The molecule has 0 unspecified atom stereocenters. The van der Waals surface area contributed by atoms with Crippen LogP contribution in [0.15, 0.2) is 0 Å². The number of unbranched alkanes of at least 4 members (excludes halogenated alkanes) is 9. The van der Waals surface area contributed by atoms with Crippen LogP contribution in [0.4, 0.5) is 0 Å². The molecule has 0 bridgehead atoms. The van der Waals surface area contributed by atoms with Crippen LogP contribution in [0, 0.1) is 0 Å². The molecule has 0 aromatic heterocycles. The van der Waals surface area contributed by atoms with Crippen molar-refractivity contribution in [3.05, 3.63) is 0 Å². The first-order valence-corrected chi connectivity index (χ1v) is 13.4. The van der Waals surface area contributed by atoms with Gasteiger partial charge < -0.3 is 9.29 Å². The van der Waals surface area contributed by atoms with Gasteiger partial charge in [-0.15, -0.1) is 0 Å². The van der Waals surface area contributed by atoms with Crippen molar-refractivity contribution in [3.8, 4) is 0 Å². The Morgan fingerprint density at radius 3 is 1.80 bits per heavy atom. The standard InChI is InChI=1S/C12H26O4S.C6H13NO4S.Na/c1-2-3-4-5-6-7-8-9-10-11-12-16-17(13,14)15;8-12(9,10)6-3-7-1-4-11-5-2-7;/h2-12H2,1H3,(H,13,14,15);1-6H2,(H,8,9,10);/q;;+1/p-1. The molecule has 176 valence electrons. The molecule has 0 radical (unpaired) electrons. The molecule has 1 aliphatic rings. The van der Waals surface area contributed by atoms with E-state index in [9.17, 15) is 21.4 Å². The zero-order chi connectivity index (χ0) is 22.0. The van der Waals surface area contributed by atoms with Gasteiger partial charge in [0.1, 0.15) is 0 Å². The van der Waals surface area contributed by atoms with Crippen molar-refractivity contribution in [1.82, 2.24) is 4.90 Å². The van der Waals surface area contributed by atoms with Crippen molar-refractivity contribution in [1.29, 1.82) is 0 Å². The van der Waals surface area contributed by atoms with E-state index in [2.05, 4.69) is 11.1 Å². The predicted molar refractivity (Wildman–Crippen MR) is 111 cm³/mol. The van der Waals surface area contributed by atoms with E-state index >= 15 is 0 Å². The fourth-order valence-electron chi connectivity index (χ4n) is 2.82.